The van der Waals surface area contributed by atoms with Gasteiger partial charge in [0.15, 0.2) is 0 Å². The molecule has 0 saturated carbocycles. The van der Waals surface area contributed by atoms with Crippen LogP contribution in [0.5, 0.6) is 0 Å². The van der Waals surface area contributed by atoms with Crippen molar-refractivity contribution in [1.29, 1.82) is 0 Å². The van der Waals surface area contributed by atoms with Gasteiger partial charge in [-0.05, 0) is 247 Å². The molecular weight excluding hydrogens is 1350 g/mol. The van der Waals surface area contributed by atoms with Gasteiger partial charge in [-0.25, -0.2) is 0 Å². The third-order valence-electron chi connectivity index (χ3n) is 21.4. The van der Waals surface area contributed by atoms with Crippen LogP contribution in [0.2, 0.25) is 0 Å². The summed E-state index contributed by atoms with van der Waals surface area (Å²) in [6.07, 6.45) is 0. The zero-order valence-electron chi connectivity index (χ0n) is 61.9. The summed E-state index contributed by atoms with van der Waals surface area (Å²) in [5, 5.41) is 5.04. The molecule has 0 aromatic heterocycles. The fourth-order valence-electron chi connectivity index (χ4n) is 15.3. The van der Waals surface area contributed by atoms with Gasteiger partial charge in [0.1, 0.15) is 0 Å². The van der Waals surface area contributed by atoms with E-state index in [1.165, 1.54) is 144 Å². The topological polar surface area (TPSA) is 6.48 Å². The van der Waals surface area contributed by atoms with Gasteiger partial charge in [-0.15, -0.1) is 0 Å². The molecule has 0 aliphatic carbocycles. The van der Waals surface area contributed by atoms with Gasteiger partial charge in [0.05, 0.1) is 0 Å². The van der Waals surface area contributed by atoms with Crippen molar-refractivity contribution in [2.75, 3.05) is 9.80 Å². The highest BCUT2D eigenvalue weighted by molar-refractivity contribution is 5.91. The summed E-state index contributed by atoms with van der Waals surface area (Å²) in [4.78, 5) is 4.69. The standard InChI is InChI=1S/C58H41N.C52H37N/c1-3-11-42(12-4-1)51-17-9-19-53(39-51)48-29-35-57(36-30-48)59(58-37-31-49(32-38-58)54-20-10-18-52(40-54)43-13-5-2-6-14-43)56-33-27-46(28-34-56)45-21-23-47(24-22-45)55-26-25-44-15-7-8-16-50(44)41-55;1-3-10-38(11-4-1)42-24-30-50(31-25-42)53(52-34-28-45(29-35-52)48-17-9-16-47(36-48)39-12-5-2-6-13-39)51-32-26-43(27-33-51)41-18-20-44(21-19-41)49-23-22-40-14-7-8-15-46(40)37-49/h1-41H;1-37H. The van der Waals surface area contributed by atoms with Crippen LogP contribution in [-0.2, 0) is 0 Å². The van der Waals surface area contributed by atoms with Gasteiger partial charge in [0.2, 0.25) is 0 Å². The number of fused-ring (bicyclic) bond motifs is 2. The largest absolute Gasteiger partial charge is 0.311 e. The monoisotopic (exact) mass is 1430 g/mol. The van der Waals surface area contributed by atoms with E-state index >= 15 is 0 Å². The third-order valence-corrected chi connectivity index (χ3v) is 21.4. The van der Waals surface area contributed by atoms with Crippen molar-refractivity contribution in [2.45, 2.75) is 0 Å². The molecule has 112 heavy (non-hydrogen) atoms. The Labute approximate surface area is 656 Å². The van der Waals surface area contributed by atoms with E-state index in [1.807, 2.05) is 0 Å². The van der Waals surface area contributed by atoms with E-state index in [9.17, 15) is 0 Å². The minimum absolute atomic E-state index is 1.10. The first kappa shape index (κ1) is 69.1. The molecule has 0 spiro atoms. The molecule has 0 aliphatic heterocycles. The Bertz CT molecular complexity index is 6260. The van der Waals surface area contributed by atoms with Crippen molar-refractivity contribution in [3.05, 3.63) is 473 Å². The molecule has 0 aliphatic rings. The molecule has 0 bridgehead atoms. The van der Waals surface area contributed by atoms with Crippen molar-refractivity contribution >= 4 is 55.7 Å². The molecular formula is C110H78N2. The van der Waals surface area contributed by atoms with Crippen LogP contribution in [0.3, 0.4) is 0 Å². The van der Waals surface area contributed by atoms with E-state index in [2.05, 4.69) is 483 Å². The lowest BCUT2D eigenvalue weighted by Crippen LogP contribution is -2.09. The van der Waals surface area contributed by atoms with E-state index in [0.29, 0.717) is 0 Å². The quantitative estimate of drug-likeness (QED) is 0.0896. The van der Waals surface area contributed by atoms with Gasteiger partial charge in [-0.2, -0.15) is 0 Å². The summed E-state index contributed by atoms with van der Waals surface area (Å²) in [6.45, 7) is 0. The minimum atomic E-state index is 1.10. The lowest BCUT2D eigenvalue weighted by molar-refractivity contribution is 1.28. The fourth-order valence-corrected chi connectivity index (χ4v) is 15.3. The van der Waals surface area contributed by atoms with E-state index in [1.54, 1.807) is 0 Å². The Balaban J connectivity index is 0.000000157. The first-order valence-electron chi connectivity index (χ1n) is 38.4. The minimum Gasteiger partial charge on any atom is -0.311 e. The van der Waals surface area contributed by atoms with Gasteiger partial charge in [-0.3, -0.25) is 0 Å². The molecule has 0 atom stereocenters. The van der Waals surface area contributed by atoms with Gasteiger partial charge >= 0.3 is 0 Å². The molecule has 2 heteroatoms. The number of benzene rings is 19. The maximum absolute atomic E-state index is 2.35. The summed E-state index contributed by atoms with van der Waals surface area (Å²) in [5.74, 6) is 0. The summed E-state index contributed by atoms with van der Waals surface area (Å²) >= 11 is 0. The average Bonchev–Trinajstić information content (AvgIpc) is 0.802. The Hall–Kier alpha value is -14.7. The first-order chi connectivity index (χ1) is 55.5. The lowest BCUT2D eigenvalue weighted by Gasteiger charge is -2.26. The Kier molecular flexibility index (Phi) is 19.7. The summed E-state index contributed by atoms with van der Waals surface area (Å²) in [7, 11) is 0. The maximum atomic E-state index is 2.35. The Morgan fingerprint density at radius 1 is 0.0893 bits per heavy atom. The number of rotatable bonds is 17. The van der Waals surface area contributed by atoms with Crippen LogP contribution in [-0.4, -0.2) is 0 Å². The zero-order chi connectivity index (χ0) is 74.8. The van der Waals surface area contributed by atoms with Gasteiger partial charge in [-0.1, -0.05) is 370 Å². The second-order valence-electron chi connectivity index (χ2n) is 28.4. The highest BCUT2D eigenvalue weighted by Crippen LogP contribution is 2.42. The lowest BCUT2D eigenvalue weighted by atomic mass is 9.98. The molecule has 2 nitrogen and oxygen atoms in total. The number of anilines is 6. The summed E-state index contributed by atoms with van der Waals surface area (Å²) in [6, 6.07) is 170. The predicted molar refractivity (Wildman–Crippen MR) is 477 cm³/mol. The van der Waals surface area contributed by atoms with Gasteiger partial charge in [0.25, 0.3) is 0 Å². The van der Waals surface area contributed by atoms with Crippen molar-refractivity contribution in [3.8, 4) is 122 Å². The molecule has 0 unspecified atom stereocenters. The zero-order valence-corrected chi connectivity index (χ0v) is 61.9. The van der Waals surface area contributed by atoms with Crippen LogP contribution < -0.4 is 9.80 Å². The summed E-state index contributed by atoms with van der Waals surface area (Å²) < 4.78 is 0. The van der Waals surface area contributed by atoms with Crippen molar-refractivity contribution in [1.82, 2.24) is 0 Å². The molecule has 0 amide bonds. The maximum Gasteiger partial charge on any atom is 0.0462 e. The number of nitrogens with zero attached hydrogens (tertiary/aromatic N) is 2. The Morgan fingerprint density at radius 3 is 0.455 bits per heavy atom. The molecule has 528 valence electrons. The van der Waals surface area contributed by atoms with Gasteiger partial charge in [0, 0.05) is 34.1 Å². The van der Waals surface area contributed by atoms with E-state index in [-0.39, 0.29) is 0 Å². The molecule has 0 fully saturated rings. The molecule has 19 aromatic rings. The predicted octanol–water partition coefficient (Wildman–Crippen LogP) is 31.0. The van der Waals surface area contributed by atoms with Crippen molar-refractivity contribution in [3.63, 3.8) is 0 Å². The van der Waals surface area contributed by atoms with Crippen LogP contribution in [0.1, 0.15) is 0 Å². The second kappa shape index (κ2) is 32.0. The molecule has 0 N–H and O–H groups in total. The van der Waals surface area contributed by atoms with Crippen molar-refractivity contribution in [2.24, 2.45) is 0 Å². The van der Waals surface area contributed by atoms with Crippen LogP contribution in [0.4, 0.5) is 34.1 Å². The van der Waals surface area contributed by atoms with Gasteiger partial charge < -0.3 is 9.80 Å². The third kappa shape index (κ3) is 15.3. The number of hydrogen-bond donors (Lipinski definition) is 0. The second-order valence-corrected chi connectivity index (χ2v) is 28.4. The van der Waals surface area contributed by atoms with E-state index < -0.39 is 0 Å². The van der Waals surface area contributed by atoms with Crippen LogP contribution in [0.15, 0.2) is 473 Å². The molecule has 0 saturated heterocycles. The summed E-state index contributed by atoms with van der Waals surface area (Å²) in [5.41, 5.74) is 33.1. The molecule has 0 radical (unpaired) electrons. The Morgan fingerprint density at radius 2 is 0.232 bits per heavy atom. The van der Waals surface area contributed by atoms with Crippen LogP contribution >= 0.6 is 0 Å². The first-order valence-corrected chi connectivity index (χ1v) is 38.4. The van der Waals surface area contributed by atoms with E-state index in [0.717, 1.165) is 34.1 Å². The van der Waals surface area contributed by atoms with Crippen molar-refractivity contribution < 1.29 is 0 Å². The molecule has 19 rings (SSSR count). The highest BCUT2D eigenvalue weighted by Gasteiger charge is 2.18. The highest BCUT2D eigenvalue weighted by atomic mass is 15.1. The molecule has 19 aromatic carbocycles. The SMILES string of the molecule is c1ccc(-c2ccc(N(c3ccc(-c4ccc(-c5ccc6ccccc6c5)cc4)cc3)c3ccc(-c4cccc(-c5ccccc5)c4)cc3)cc2)cc1.c1ccc(-c2cccc(-c3ccc(N(c4ccc(-c5ccc(-c6ccc7ccccc7c6)cc5)cc4)c4ccc(-c5cccc(-c6ccccc6)c5)cc4)cc3)c2)cc1. The molecule has 0 heterocycles. The van der Waals surface area contributed by atoms with Crippen LogP contribution in [0.25, 0.3) is 144 Å². The van der Waals surface area contributed by atoms with E-state index in [4.69, 9.17) is 0 Å². The smallest absolute Gasteiger partial charge is 0.0462 e. The van der Waals surface area contributed by atoms with Crippen LogP contribution in [0, 0.1) is 0 Å². The fraction of sp³-hybridized carbons (Fsp3) is 0. The number of hydrogen-bond acceptors (Lipinski definition) is 2. The normalized spacial score (nSPS) is 11.0. The average molecular weight is 1430 g/mol.